The van der Waals surface area contributed by atoms with E-state index in [1.807, 2.05) is 35.0 Å². The summed E-state index contributed by atoms with van der Waals surface area (Å²) in [5, 5.41) is 0. The Morgan fingerprint density at radius 3 is 3.00 bits per heavy atom. The summed E-state index contributed by atoms with van der Waals surface area (Å²) < 4.78 is 8.46. The minimum atomic E-state index is -0.407. The lowest BCUT2D eigenvalue weighted by Crippen LogP contribution is -2.16. The van der Waals surface area contributed by atoms with Crippen molar-refractivity contribution >= 4 is 21.8 Å². The Morgan fingerprint density at radius 1 is 1.42 bits per heavy atom. The standard InChI is InChI=1S/C14H13BrN2O2/c15-9-2-1-3-10(6-9)17-7-11(14(16)18)12-8-19-5-4-13(12)17/h1-3,6-7H,4-5,8H2,(H2,16,18). The highest BCUT2D eigenvalue weighted by Gasteiger charge is 2.22. The maximum absolute atomic E-state index is 11.5. The average Bonchev–Trinajstić information content (AvgIpc) is 2.78. The molecule has 2 heterocycles. The van der Waals surface area contributed by atoms with Crippen molar-refractivity contribution in [1.29, 1.82) is 0 Å². The fourth-order valence-corrected chi connectivity index (χ4v) is 2.82. The summed E-state index contributed by atoms with van der Waals surface area (Å²) in [6.07, 6.45) is 2.60. The number of fused-ring (bicyclic) bond motifs is 1. The van der Waals surface area contributed by atoms with Crippen molar-refractivity contribution in [1.82, 2.24) is 4.57 Å². The van der Waals surface area contributed by atoms with Gasteiger partial charge in [-0.3, -0.25) is 4.79 Å². The van der Waals surface area contributed by atoms with E-state index in [1.165, 1.54) is 0 Å². The number of hydrogen-bond donors (Lipinski definition) is 1. The van der Waals surface area contributed by atoms with Crippen molar-refractivity contribution in [2.45, 2.75) is 13.0 Å². The summed E-state index contributed by atoms with van der Waals surface area (Å²) in [4.78, 5) is 11.5. The molecule has 1 aromatic heterocycles. The molecule has 0 saturated heterocycles. The van der Waals surface area contributed by atoms with E-state index in [1.54, 1.807) is 0 Å². The Hall–Kier alpha value is -1.59. The fourth-order valence-electron chi connectivity index (χ4n) is 2.43. The van der Waals surface area contributed by atoms with E-state index in [4.69, 9.17) is 10.5 Å². The van der Waals surface area contributed by atoms with Gasteiger partial charge in [0.05, 0.1) is 18.8 Å². The number of aromatic nitrogens is 1. The van der Waals surface area contributed by atoms with Crippen molar-refractivity contribution in [2.75, 3.05) is 6.61 Å². The number of hydrogen-bond acceptors (Lipinski definition) is 2. The Kier molecular flexibility index (Phi) is 3.16. The van der Waals surface area contributed by atoms with Crippen LogP contribution in [0.4, 0.5) is 0 Å². The molecular weight excluding hydrogens is 308 g/mol. The molecule has 0 fully saturated rings. The normalized spacial score (nSPS) is 14.2. The van der Waals surface area contributed by atoms with Gasteiger partial charge in [-0.2, -0.15) is 0 Å². The third-order valence-electron chi connectivity index (χ3n) is 3.30. The van der Waals surface area contributed by atoms with Gasteiger partial charge in [0.25, 0.3) is 5.91 Å². The molecule has 5 heteroatoms. The van der Waals surface area contributed by atoms with Gasteiger partial charge in [0.1, 0.15) is 0 Å². The van der Waals surface area contributed by atoms with Crippen molar-refractivity contribution in [2.24, 2.45) is 5.73 Å². The first-order valence-corrected chi connectivity index (χ1v) is 6.82. The lowest BCUT2D eigenvalue weighted by molar-refractivity contribution is 0.0969. The molecule has 19 heavy (non-hydrogen) atoms. The Morgan fingerprint density at radius 2 is 2.26 bits per heavy atom. The van der Waals surface area contributed by atoms with Crippen LogP contribution in [0.15, 0.2) is 34.9 Å². The highest BCUT2D eigenvalue weighted by Crippen LogP contribution is 2.27. The van der Waals surface area contributed by atoms with E-state index >= 15 is 0 Å². The number of ether oxygens (including phenoxy) is 1. The number of halogens is 1. The quantitative estimate of drug-likeness (QED) is 0.923. The second-order valence-electron chi connectivity index (χ2n) is 4.48. The van der Waals surface area contributed by atoms with Crippen LogP contribution in [0.1, 0.15) is 21.6 Å². The van der Waals surface area contributed by atoms with E-state index in [2.05, 4.69) is 15.9 Å². The Bertz CT molecular complexity index is 649. The number of amides is 1. The van der Waals surface area contributed by atoms with Crippen molar-refractivity contribution in [3.63, 3.8) is 0 Å². The zero-order valence-corrected chi connectivity index (χ0v) is 11.8. The number of rotatable bonds is 2. The van der Waals surface area contributed by atoms with Gasteiger partial charge < -0.3 is 15.0 Å². The van der Waals surface area contributed by atoms with E-state index in [-0.39, 0.29) is 0 Å². The Balaban J connectivity index is 2.19. The van der Waals surface area contributed by atoms with Gasteiger partial charge in [-0.1, -0.05) is 22.0 Å². The first-order valence-electron chi connectivity index (χ1n) is 6.03. The molecule has 2 N–H and O–H groups in total. The molecule has 1 aromatic carbocycles. The van der Waals surface area contributed by atoms with E-state index in [0.717, 1.165) is 27.8 Å². The highest BCUT2D eigenvalue weighted by molar-refractivity contribution is 9.10. The molecule has 1 aliphatic heterocycles. The Labute approximate surface area is 119 Å². The summed E-state index contributed by atoms with van der Waals surface area (Å²) in [5.41, 5.74) is 9.03. The number of benzene rings is 1. The zero-order valence-electron chi connectivity index (χ0n) is 10.2. The minimum Gasteiger partial charge on any atom is -0.376 e. The number of primary amides is 1. The van der Waals surface area contributed by atoms with Crippen molar-refractivity contribution < 1.29 is 9.53 Å². The van der Waals surface area contributed by atoms with Gasteiger partial charge in [0.2, 0.25) is 0 Å². The van der Waals surface area contributed by atoms with Crippen molar-refractivity contribution in [3.8, 4) is 5.69 Å². The molecule has 0 spiro atoms. The molecule has 2 aromatic rings. The molecule has 3 rings (SSSR count). The predicted octanol–water partition coefficient (Wildman–Crippen LogP) is 2.41. The van der Waals surface area contributed by atoms with Gasteiger partial charge in [0.15, 0.2) is 0 Å². The minimum absolute atomic E-state index is 0.407. The SMILES string of the molecule is NC(=O)c1cn(-c2cccc(Br)c2)c2c1COCC2. The number of carbonyl (C=O) groups excluding carboxylic acids is 1. The van der Waals surface area contributed by atoms with Gasteiger partial charge in [-0.05, 0) is 18.2 Å². The summed E-state index contributed by atoms with van der Waals surface area (Å²) in [7, 11) is 0. The number of nitrogens with zero attached hydrogens (tertiary/aromatic N) is 1. The van der Waals surface area contributed by atoms with Crippen LogP contribution in [0.3, 0.4) is 0 Å². The largest absolute Gasteiger partial charge is 0.376 e. The molecule has 4 nitrogen and oxygen atoms in total. The van der Waals surface area contributed by atoms with E-state index < -0.39 is 5.91 Å². The maximum Gasteiger partial charge on any atom is 0.250 e. The van der Waals surface area contributed by atoms with Crippen LogP contribution in [0, 0.1) is 0 Å². The summed E-state index contributed by atoms with van der Waals surface area (Å²) in [6, 6.07) is 7.96. The lowest BCUT2D eigenvalue weighted by atomic mass is 10.1. The van der Waals surface area contributed by atoms with Crippen LogP contribution in [0.2, 0.25) is 0 Å². The second-order valence-corrected chi connectivity index (χ2v) is 5.40. The first-order chi connectivity index (χ1) is 9.16. The lowest BCUT2D eigenvalue weighted by Gasteiger charge is -2.16. The summed E-state index contributed by atoms with van der Waals surface area (Å²) >= 11 is 3.46. The fraction of sp³-hybridized carbons (Fsp3) is 0.214. The van der Waals surface area contributed by atoms with Gasteiger partial charge in [-0.15, -0.1) is 0 Å². The predicted molar refractivity (Wildman–Crippen MR) is 75.3 cm³/mol. The van der Waals surface area contributed by atoms with Gasteiger partial charge in [0, 0.05) is 34.0 Å². The molecular formula is C14H13BrN2O2. The van der Waals surface area contributed by atoms with Crippen LogP contribution < -0.4 is 5.73 Å². The summed E-state index contributed by atoms with van der Waals surface area (Å²) in [6.45, 7) is 1.12. The number of nitrogens with two attached hydrogens (primary N) is 1. The second kappa shape index (κ2) is 4.83. The molecule has 0 saturated carbocycles. The van der Waals surface area contributed by atoms with Gasteiger partial charge >= 0.3 is 0 Å². The van der Waals surface area contributed by atoms with Crippen LogP contribution in [-0.4, -0.2) is 17.1 Å². The van der Waals surface area contributed by atoms with Crippen molar-refractivity contribution in [3.05, 3.63) is 51.8 Å². The molecule has 98 valence electrons. The maximum atomic E-state index is 11.5. The van der Waals surface area contributed by atoms with Crippen LogP contribution in [-0.2, 0) is 17.8 Å². The van der Waals surface area contributed by atoms with E-state index in [9.17, 15) is 4.79 Å². The molecule has 1 amide bonds. The number of carbonyl (C=O) groups is 1. The molecule has 0 radical (unpaired) electrons. The molecule has 0 aliphatic carbocycles. The highest BCUT2D eigenvalue weighted by atomic mass is 79.9. The van der Waals surface area contributed by atoms with Crippen LogP contribution >= 0.6 is 15.9 Å². The third-order valence-corrected chi connectivity index (χ3v) is 3.80. The van der Waals surface area contributed by atoms with Crippen LogP contribution in [0.25, 0.3) is 5.69 Å². The zero-order chi connectivity index (χ0) is 13.4. The molecule has 0 atom stereocenters. The monoisotopic (exact) mass is 320 g/mol. The average molecular weight is 321 g/mol. The molecule has 0 unspecified atom stereocenters. The third kappa shape index (κ3) is 2.19. The summed E-state index contributed by atoms with van der Waals surface area (Å²) in [5.74, 6) is -0.407. The van der Waals surface area contributed by atoms with Crippen LogP contribution in [0.5, 0.6) is 0 Å². The van der Waals surface area contributed by atoms with E-state index in [0.29, 0.717) is 18.8 Å². The smallest absolute Gasteiger partial charge is 0.250 e. The first kappa shape index (κ1) is 12.4. The molecule has 1 aliphatic rings. The molecule has 0 bridgehead atoms. The topological polar surface area (TPSA) is 57.2 Å². The van der Waals surface area contributed by atoms with Gasteiger partial charge in [-0.25, -0.2) is 0 Å².